The fourth-order valence-corrected chi connectivity index (χ4v) is 3.66. The van der Waals surface area contributed by atoms with Gasteiger partial charge in [0, 0.05) is 25.2 Å². The number of carbonyl (C=O) groups excluding carboxylic acids is 4. The van der Waals surface area contributed by atoms with Gasteiger partial charge < -0.3 is 26.2 Å². The van der Waals surface area contributed by atoms with E-state index < -0.39 is 23.9 Å². The molecule has 10 nitrogen and oxygen atoms in total. The zero-order valence-electron chi connectivity index (χ0n) is 16.5. The maximum absolute atomic E-state index is 12.9. The van der Waals surface area contributed by atoms with Crippen LogP contribution in [0.2, 0.25) is 0 Å². The second-order valence-corrected chi connectivity index (χ2v) is 7.24. The van der Waals surface area contributed by atoms with E-state index in [2.05, 4.69) is 10.6 Å². The van der Waals surface area contributed by atoms with Gasteiger partial charge in [0.15, 0.2) is 0 Å². The molecule has 0 bridgehead atoms. The number of amides is 4. The molecule has 2 saturated heterocycles. The summed E-state index contributed by atoms with van der Waals surface area (Å²) in [7, 11) is 0. The Bertz CT molecular complexity index is 878. The van der Waals surface area contributed by atoms with Gasteiger partial charge in [0.1, 0.15) is 12.1 Å². The number of hydrogen-bond acceptors (Lipinski definition) is 6. The van der Waals surface area contributed by atoms with Crippen LogP contribution in [0.3, 0.4) is 0 Å². The molecule has 2 atom stereocenters. The average Bonchev–Trinajstić information content (AvgIpc) is 2.79. The Kier molecular flexibility index (Phi) is 6.64. The highest BCUT2D eigenvalue weighted by atomic mass is 16.2. The molecule has 2 aliphatic heterocycles. The number of hydrogen-bond donors (Lipinski definition) is 3. The van der Waals surface area contributed by atoms with Crippen LogP contribution >= 0.6 is 0 Å². The van der Waals surface area contributed by atoms with Crippen LogP contribution in [0.1, 0.15) is 28.8 Å². The molecule has 2 fully saturated rings. The standard InChI is InChI=1S/C20H24N6O4/c21-10-13-3-5-14(6-4-13)20(30)25-8-9-26(17(27)11-22)16(12-25)19(29)24-15-2-1-7-23-18(15)28/h3-6,15-16H,1-2,7-9,11-12,22H2,(H,23,28)(H,24,29)/t15-,16-/m0/s1. The number of piperidine rings is 1. The highest BCUT2D eigenvalue weighted by molar-refractivity contribution is 5.96. The lowest BCUT2D eigenvalue weighted by molar-refractivity contribution is -0.143. The van der Waals surface area contributed by atoms with Crippen LogP contribution in [0.4, 0.5) is 0 Å². The molecule has 1 aromatic carbocycles. The molecular formula is C20H24N6O4. The first-order valence-electron chi connectivity index (χ1n) is 9.81. The Morgan fingerprint density at radius 2 is 1.97 bits per heavy atom. The first-order chi connectivity index (χ1) is 14.4. The van der Waals surface area contributed by atoms with E-state index in [1.807, 2.05) is 6.07 Å². The normalized spacial score (nSPS) is 21.4. The summed E-state index contributed by atoms with van der Waals surface area (Å²) in [6, 6.07) is 6.60. The predicted molar refractivity (Wildman–Crippen MR) is 106 cm³/mol. The van der Waals surface area contributed by atoms with Crippen LogP contribution in [0.15, 0.2) is 24.3 Å². The molecule has 4 amide bonds. The van der Waals surface area contributed by atoms with Crippen LogP contribution in [0.25, 0.3) is 0 Å². The molecule has 0 radical (unpaired) electrons. The number of carbonyl (C=O) groups is 4. The zero-order valence-corrected chi connectivity index (χ0v) is 16.5. The molecule has 0 spiro atoms. The molecule has 30 heavy (non-hydrogen) atoms. The minimum Gasteiger partial charge on any atom is -0.354 e. The predicted octanol–water partition coefficient (Wildman–Crippen LogP) is -1.44. The first kappa shape index (κ1) is 21.3. The Morgan fingerprint density at radius 3 is 2.60 bits per heavy atom. The van der Waals surface area contributed by atoms with Crippen LogP contribution in [-0.2, 0) is 14.4 Å². The molecule has 158 valence electrons. The van der Waals surface area contributed by atoms with E-state index >= 15 is 0 Å². The van der Waals surface area contributed by atoms with E-state index in [1.165, 1.54) is 9.80 Å². The molecular weight excluding hydrogens is 388 g/mol. The highest BCUT2D eigenvalue weighted by Gasteiger charge is 2.38. The van der Waals surface area contributed by atoms with Gasteiger partial charge in [-0.15, -0.1) is 0 Å². The van der Waals surface area contributed by atoms with Crippen molar-refractivity contribution in [1.82, 2.24) is 20.4 Å². The number of nitrogens with one attached hydrogen (secondary N) is 2. The van der Waals surface area contributed by atoms with Gasteiger partial charge in [0.2, 0.25) is 17.7 Å². The monoisotopic (exact) mass is 412 g/mol. The van der Waals surface area contributed by atoms with E-state index in [4.69, 9.17) is 11.0 Å². The fraction of sp³-hybridized carbons (Fsp3) is 0.450. The lowest BCUT2D eigenvalue weighted by Gasteiger charge is -2.41. The molecule has 0 aromatic heterocycles. The molecule has 2 aliphatic rings. The van der Waals surface area contributed by atoms with Crippen molar-refractivity contribution in [2.24, 2.45) is 5.73 Å². The van der Waals surface area contributed by atoms with E-state index in [-0.39, 0.29) is 38.0 Å². The largest absolute Gasteiger partial charge is 0.354 e. The Hall–Kier alpha value is -3.45. The number of rotatable bonds is 4. The van der Waals surface area contributed by atoms with Crippen LogP contribution < -0.4 is 16.4 Å². The second kappa shape index (κ2) is 9.37. The summed E-state index contributed by atoms with van der Waals surface area (Å²) in [5.41, 5.74) is 6.32. The molecule has 2 heterocycles. The molecule has 0 unspecified atom stereocenters. The van der Waals surface area contributed by atoms with Gasteiger partial charge in [-0.3, -0.25) is 19.2 Å². The summed E-state index contributed by atoms with van der Waals surface area (Å²) >= 11 is 0. The molecule has 1 aromatic rings. The van der Waals surface area contributed by atoms with Gasteiger partial charge in [-0.2, -0.15) is 5.26 Å². The van der Waals surface area contributed by atoms with Gasteiger partial charge in [0.05, 0.1) is 24.7 Å². The minimum absolute atomic E-state index is 0.00918. The molecule has 10 heteroatoms. The van der Waals surface area contributed by atoms with Crippen molar-refractivity contribution in [2.45, 2.75) is 24.9 Å². The molecule has 0 saturated carbocycles. The lowest BCUT2D eigenvalue weighted by atomic mass is 10.0. The third-order valence-corrected chi connectivity index (χ3v) is 5.33. The summed E-state index contributed by atoms with van der Waals surface area (Å²) in [5.74, 6) is -1.44. The highest BCUT2D eigenvalue weighted by Crippen LogP contribution is 2.16. The third-order valence-electron chi connectivity index (χ3n) is 5.33. The van der Waals surface area contributed by atoms with Gasteiger partial charge >= 0.3 is 0 Å². The van der Waals surface area contributed by atoms with Crippen LogP contribution in [0, 0.1) is 11.3 Å². The number of piperazine rings is 1. The van der Waals surface area contributed by atoms with Crippen molar-refractivity contribution in [2.75, 3.05) is 32.7 Å². The Morgan fingerprint density at radius 1 is 1.23 bits per heavy atom. The van der Waals surface area contributed by atoms with Gasteiger partial charge in [-0.1, -0.05) is 0 Å². The van der Waals surface area contributed by atoms with Crippen molar-refractivity contribution >= 4 is 23.6 Å². The van der Waals surface area contributed by atoms with Crippen molar-refractivity contribution < 1.29 is 19.2 Å². The quantitative estimate of drug-likeness (QED) is 0.552. The van der Waals surface area contributed by atoms with Crippen molar-refractivity contribution in [3.05, 3.63) is 35.4 Å². The zero-order chi connectivity index (χ0) is 21.7. The van der Waals surface area contributed by atoms with E-state index in [0.717, 1.165) is 6.42 Å². The first-order valence-corrected chi connectivity index (χ1v) is 9.81. The molecule has 0 aliphatic carbocycles. The summed E-state index contributed by atoms with van der Waals surface area (Å²) in [5, 5.41) is 14.3. The fourth-order valence-electron chi connectivity index (χ4n) is 3.66. The molecule has 3 rings (SSSR count). The molecule has 4 N–H and O–H groups in total. The Labute approximate surface area is 174 Å². The summed E-state index contributed by atoms with van der Waals surface area (Å²) < 4.78 is 0. The van der Waals surface area contributed by atoms with Crippen molar-refractivity contribution in [1.29, 1.82) is 5.26 Å². The van der Waals surface area contributed by atoms with E-state index in [9.17, 15) is 19.2 Å². The summed E-state index contributed by atoms with van der Waals surface area (Å²) in [4.78, 5) is 52.9. The Balaban J connectivity index is 1.75. The maximum Gasteiger partial charge on any atom is 0.253 e. The SMILES string of the molecule is N#Cc1ccc(C(=O)N2CCN(C(=O)CN)[C@H](C(=O)N[C@H]3CCCNC3=O)C2)cc1. The van der Waals surface area contributed by atoms with Gasteiger partial charge in [0.25, 0.3) is 5.91 Å². The summed E-state index contributed by atoms with van der Waals surface area (Å²) in [6.07, 6.45) is 1.26. The number of nitrogens with two attached hydrogens (primary N) is 1. The smallest absolute Gasteiger partial charge is 0.253 e. The topological polar surface area (TPSA) is 149 Å². The average molecular weight is 412 g/mol. The van der Waals surface area contributed by atoms with E-state index in [0.29, 0.717) is 24.1 Å². The van der Waals surface area contributed by atoms with E-state index in [1.54, 1.807) is 24.3 Å². The second-order valence-electron chi connectivity index (χ2n) is 7.24. The van der Waals surface area contributed by atoms with Crippen LogP contribution in [-0.4, -0.2) is 78.2 Å². The number of benzene rings is 1. The number of nitrogens with zero attached hydrogens (tertiary/aromatic N) is 3. The maximum atomic E-state index is 12.9. The van der Waals surface area contributed by atoms with Crippen LogP contribution in [0.5, 0.6) is 0 Å². The van der Waals surface area contributed by atoms with Gasteiger partial charge in [-0.05, 0) is 37.1 Å². The lowest BCUT2D eigenvalue weighted by Crippen LogP contribution is -2.64. The van der Waals surface area contributed by atoms with Crippen molar-refractivity contribution in [3.63, 3.8) is 0 Å². The third kappa shape index (κ3) is 4.58. The summed E-state index contributed by atoms with van der Waals surface area (Å²) in [6.45, 7) is 0.715. The van der Waals surface area contributed by atoms with Gasteiger partial charge in [-0.25, -0.2) is 0 Å². The van der Waals surface area contributed by atoms with Crippen molar-refractivity contribution in [3.8, 4) is 6.07 Å². The number of nitriles is 1. The minimum atomic E-state index is -0.938.